The van der Waals surface area contributed by atoms with Gasteiger partial charge in [0.05, 0.1) is 11.9 Å². The number of aromatic nitrogens is 2. The number of hydrazone groups is 1. The number of amides is 1. The number of carbonyl (C=O) groups is 1. The first-order chi connectivity index (χ1) is 13.7. The van der Waals surface area contributed by atoms with Gasteiger partial charge >= 0.3 is 0 Å². The van der Waals surface area contributed by atoms with Gasteiger partial charge in [0, 0.05) is 17.1 Å². The van der Waals surface area contributed by atoms with Crippen LogP contribution in [-0.2, 0) is 6.61 Å². The average molecular weight is 390 g/mol. The van der Waals surface area contributed by atoms with E-state index in [4.69, 9.17) is 4.74 Å². The SMILES string of the molecule is Cc1nc2sccn2c1C(=O)N/N=C\c1ccccc1OCc1ccccc1. The van der Waals surface area contributed by atoms with Crippen molar-refractivity contribution in [2.45, 2.75) is 13.5 Å². The van der Waals surface area contributed by atoms with Crippen LogP contribution in [0.25, 0.3) is 4.96 Å². The van der Waals surface area contributed by atoms with E-state index < -0.39 is 0 Å². The number of nitrogens with zero attached hydrogens (tertiary/aromatic N) is 3. The Balaban J connectivity index is 1.45. The van der Waals surface area contributed by atoms with E-state index in [2.05, 4.69) is 15.5 Å². The van der Waals surface area contributed by atoms with Crippen molar-refractivity contribution in [2.75, 3.05) is 0 Å². The summed E-state index contributed by atoms with van der Waals surface area (Å²) in [7, 11) is 0. The van der Waals surface area contributed by atoms with Gasteiger partial charge in [0.2, 0.25) is 0 Å². The molecule has 7 heteroatoms. The molecule has 2 heterocycles. The highest BCUT2D eigenvalue weighted by Crippen LogP contribution is 2.18. The number of imidazole rings is 1. The molecule has 0 fully saturated rings. The number of hydrogen-bond acceptors (Lipinski definition) is 5. The Morgan fingerprint density at radius 1 is 1.21 bits per heavy atom. The van der Waals surface area contributed by atoms with Crippen LogP contribution in [0.3, 0.4) is 0 Å². The molecule has 0 aliphatic carbocycles. The number of ether oxygens (including phenoxy) is 1. The Morgan fingerprint density at radius 3 is 2.86 bits per heavy atom. The second-order valence-corrected chi connectivity index (χ2v) is 6.99. The highest BCUT2D eigenvalue weighted by atomic mass is 32.1. The Morgan fingerprint density at radius 2 is 2.00 bits per heavy atom. The van der Waals surface area contributed by atoms with Crippen LogP contribution in [0.15, 0.2) is 71.3 Å². The number of nitrogens with one attached hydrogen (secondary N) is 1. The lowest BCUT2D eigenvalue weighted by Gasteiger charge is -2.09. The summed E-state index contributed by atoms with van der Waals surface area (Å²) in [6, 6.07) is 17.5. The molecule has 1 amide bonds. The largest absolute Gasteiger partial charge is 0.488 e. The van der Waals surface area contributed by atoms with E-state index in [1.165, 1.54) is 11.3 Å². The van der Waals surface area contributed by atoms with Crippen LogP contribution in [0.1, 0.15) is 27.3 Å². The van der Waals surface area contributed by atoms with Crippen molar-refractivity contribution in [2.24, 2.45) is 5.10 Å². The fourth-order valence-electron chi connectivity index (χ4n) is 2.83. The summed E-state index contributed by atoms with van der Waals surface area (Å²) in [6.07, 6.45) is 3.41. The zero-order valence-electron chi connectivity index (χ0n) is 15.2. The first-order valence-electron chi connectivity index (χ1n) is 8.73. The van der Waals surface area contributed by atoms with Crippen LogP contribution in [-0.4, -0.2) is 21.5 Å². The van der Waals surface area contributed by atoms with E-state index in [0.717, 1.165) is 16.1 Å². The van der Waals surface area contributed by atoms with Crippen molar-refractivity contribution in [3.63, 3.8) is 0 Å². The lowest BCUT2D eigenvalue weighted by atomic mass is 10.2. The zero-order chi connectivity index (χ0) is 19.3. The number of para-hydroxylation sites is 1. The summed E-state index contributed by atoms with van der Waals surface area (Å²) in [5.41, 5.74) is 5.60. The van der Waals surface area contributed by atoms with Gasteiger partial charge in [-0.25, -0.2) is 10.4 Å². The Hall–Kier alpha value is -3.45. The fraction of sp³-hybridized carbons (Fsp3) is 0.0952. The third-order valence-electron chi connectivity index (χ3n) is 4.18. The number of benzene rings is 2. The molecule has 0 aliphatic rings. The number of thiazole rings is 1. The van der Waals surface area contributed by atoms with E-state index in [-0.39, 0.29) is 5.91 Å². The zero-order valence-corrected chi connectivity index (χ0v) is 16.0. The molecule has 140 valence electrons. The van der Waals surface area contributed by atoms with Crippen LogP contribution >= 0.6 is 11.3 Å². The van der Waals surface area contributed by atoms with Gasteiger partial charge in [0.1, 0.15) is 18.1 Å². The Kier molecular flexibility index (Phi) is 5.16. The van der Waals surface area contributed by atoms with Gasteiger partial charge in [-0.15, -0.1) is 11.3 Å². The normalized spacial score (nSPS) is 11.2. The second-order valence-electron chi connectivity index (χ2n) is 6.11. The first kappa shape index (κ1) is 17.9. The number of hydrogen-bond donors (Lipinski definition) is 1. The lowest BCUT2D eigenvalue weighted by molar-refractivity contribution is 0.0948. The molecule has 4 rings (SSSR count). The van der Waals surface area contributed by atoms with Crippen molar-refractivity contribution in [1.82, 2.24) is 14.8 Å². The molecule has 0 spiro atoms. The predicted molar refractivity (Wildman–Crippen MR) is 110 cm³/mol. The summed E-state index contributed by atoms with van der Waals surface area (Å²) < 4.78 is 7.67. The lowest BCUT2D eigenvalue weighted by Crippen LogP contribution is -2.20. The standard InChI is InChI=1S/C21H18N4O2S/c1-15-19(25-11-12-28-21(25)23-15)20(26)24-22-13-17-9-5-6-10-18(17)27-14-16-7-3-2-4-8-16/h2-13H,14H2,1H3,(H,24,26)/b22-13-. The van der Waals surface area contributed by atoms with Gasteiger partial charge in [-0.1, -0.05) is 42.5 Å². The molecule has 6 nitrogen and oxygen atoms in total. The summed E-state index contributed by atoms with van der Waals surface area (Å²) in [4.78, 5) is 17.7. The van der Waals surface area contributed by atoms with E-state index in [1.807, 2.05) is 73.1 Å². The summed E-state index contributed by atoms with van der Waals surface area (Å²) in [6.45, 7) is 2.27. The highest BCUT2D eigenvalue weighted by Gasteiger charge is 2.16. The second kappa shape index (κ2) is 8.06. The maximum absolute atomic E-state index is 12.5. The summed E-state index contributed by atoms with van der Waals surface area (Å²) in [5, 5.41) is 5.99. The molecule has 0 radical (unpaired) electrons. The fourth-order valence-corrected chi connectivity index (χ4v) is 3.59. The molecule has 0 bridgehead atoms. The van der Waals surface area contributed by atoms with Crippen LogP contribution in [0.4, 0.5) is 0 Å². The van der Waals surface area contributed by atoms with Crippen LogP contribution in [0, 0.1) is 6.92 Å². The van der Waals surface area contributed by atoms with Crippen LogP contribution in [0.5, 0.6) is 5.75 Å². The van der Waals surface area contributed by atoms with Gasteiger partial charge in [0.15, 0.2) is 4.96 Å². The molecule has 28 heavy (non-hydrogen) atoms. The third-order valence-corrected chi connectivity index (χ3v) is 4.93. The monoisotopic (exact) mass is 390 g/mol. The predicted octanol–water partition coefficient (Wildman–Crippen LogP) is 4.05. The minimum Gasteiger partial charge on any atom is -0.488 e. The minimum absolute atomic E-state index is 0.303. The van der Waals surface area contributed by atoms with Gasteiger partial charge in [-0.3, -0.25) is 9.20 Å². The van der Waals surface area contributed by atoms with Crippen molar-refractivity contribution in [1.29, 1.82) is 0 Å². The molecule has 0 atom stereocenters. The van der Waals surface area contributed by atoms with Gasteiger partial charge in [-0.2, -0.15) is 5.10 Å². The van der Waals surface area contributed by atoms with Crippen molar-refractivity contribution in [3.8, 4) is 5.75 Å². The summed E-state index contributed by atoms with van der Waals surface area (Å²) in [5.74, 6) is 0.396. The van der Waals surface area contributed by atoms with E-state index in [1.54, 1.807) is 10.6 Å². The Labute approximate surface area is 166 Å². The molecular formula is C21H18N4O2S. The quantitative estimate of drug-likeness (QED) is 0.399. The maximum Gasteiger partial charge on any atom is 0.290 e. The first-order valence-corrected chi connectivity index (χ1v) is 9.61. The van der Waals surface area contributed by atoms with Gasteiger partial charge < -0.3 is 4.74 Å². The topological polar surface area (TPSA) is 68.0 Å². The molecule has 2 aromatic heterocycles. The smallest absolute Gasteiger partial charge is 0.290 e. The van der Waals surface area contributed by atoms with Crippen molar-refractivity contribution in [3.05, 3.63) is 88.7 Å². The van der Waals surface area contributed by atoms with E-state index in [9.17, 15) is 4.79 Å². The molecule has 2 aromatic carbocycles. The molecular weight excluding hydrogens is 372 g/mol. The summed E-state index contributed by atoms with van der Waals surface area (Å²) >= 11 is 1.48. The van der Waals surface area contributed by atoms with Crippen LogP contribution in [0.2, 0.25) is 0 Å². The van der Waals surface area contributed by atoms with Crippen molar-refractivity contribution < 1.29 is 9.53 Å². The highest BCUT2D eigenvalue weighted by molar-refractivity contribution is 7.15. The number of rotatable bonds is 6. The molecule has 0 saturated carbocycles. The molecule has 0 aliphatic heterocycles. The number of fused-ring (bicyclic) bond motifs is 1. The average Bonchev–Trinajstić information content (AvgIpc) is 3.28. The molecule has 0 saturated heterocycles. The molecule has 1 N–H and O–H groups in total. The Bertz CT molecular complexity index is 1130. The minimum atomic E-state index is -0.303. The van der Waals surface area contributed by atoms with E-state index in [0.29, 0.717) is 23.7 Å². The van der Waals surface area contributed by atoms with Gasteiger partial charge in [-0.05, 0) is 24.6 Å². The molecule has 0 unspecified atom stereocenters. The number of aryl methyl sites for hydroxylation is 1. The van der Waals surface area contributed by atoms with Gasteiger partial charge in [0.25, 0.3) is 5.91 Å². The molecule has 4 aromatic rings. The number of carbonyl (C=O) groups excluding carboxylic acids is 1. The van der Waals surface area contributed by atoms with Crippen molar-refractivity contribution >= 4 is 28.4 Å². The maximum atomic E-state index is 12.5. The van der Waals surface area contributed by atoms with E-state index >= 15 is 0 Å². The third kappa shape index (κ3) is 3.79. The van der Waals surface area contributed by atoms with Crippen LogP contribution < -0.4 is 10.2 Å².